The molecule has 1 aliphatic heterocycles. The van der Waals surface area contributed by atoms with Gasteiger partial charge in [0.25, 0.3) is 0 Å². The van der Waals surface area contributed by atoms with Crippen LogP contribution in [0.4, 0.5) is 0 Å². The van der Waals surface area contributed by atoms with Crippen LogP contribution in [0.1, 0.15) is 6.92 Å². The average molecular weight is 220 g/mol. The highest BCUT2D eigenvalue weighted by Gasteiger charge is 2.30. The van der Waals surface area contributed by atoms with E-state index in [-0.39, 0.29) is 24.9 Å². The lowest BCUT2D eigenvalue weighted by Gasteiger charge is -2.34. The van der Waals surface area contributed by atoms with Crippen molar-refractivity contribution in [2.45, 2.75) is 11.6 Å². The molecule has 0 saturated carbocycles. The second-order valence-electron chi connectivity index (χ2n) is 2.78. The lowest BCUT2D eigenvalue weighted by Crippen LogP contribution is -2.54. The Balaban J connectivity index is 2.67. The van der Waals surface area contributed by atoms with Crippen molar-refractivity contribution >= 4 is 37.1 Å². The number of piperazine rings is 1. The number of likely N-dealkylation sites (N-methyl/N-ethyl adjacent to an activating group) is 1. The maximum atomic E-state index is 11.4. The average Bonchev–Trinajstić information content (AvgIpc) is 2.07. The summed E-state index contributed by atoms with van der Waals surface area (Å²) in [6, 6.07) is 0. The van der Waals surface area contributed by atoms with Gasteiger partial charge in [0.2, 0.25) is 11.8 Å². The molecule has 1 saturated heterocycles. The predicted octanol–water partition coefficient (Wildman–Crippen LogP) is -0.180. The zero-order valence-corrected chi connectivity index (χ0v) is 9.09. The summed E-state index contributed by atoms with van der Waals surface area (Å²) in [5.74, 6) is -0.147. The Morgan fingerprint density at radius 2 is 1.92 bits per heavy atom. The van der Waals surface area contributed by atoms with Crippen LogP contribution in [0.3, 0.4) is 0 Å². The van der Waals surface area contributed by atoms with Gasteiger partial charge in [-0.15, -0.1) is 25.3 Å². The summed E-state index contributed by atoms with van der Waals surface area (Å²) in [5.41, 5.74) is 0. The van der Waals surface area contributed by atoms with E-state index in [0.717, 1.165) is 0 Å². The van der Waals surface area contributed by atoms with Gasteiger partial charge in [0.05, 0.1) is 6.54 Å². The SMILES string of the molecule is CCN1CC(=O)N(C(S)S)CC1=O. The van der Waals surface area contributed by atoms with E-state index < -0.39 is 4.71 Å². The molecule has 0 bridgehead atoms. The van der Waals surface area contributed by atoms with E-state index >= 15 is 0 Å². The van der Waals surface area contributed by atoms with E-state index in [1.165, 1.54) is 9.80 Å². The molecule has 0 spiro atoms. The van der Waals surface area contributed by atoms with Gasteiger partial charge in [-0.2, -0.15) is 0 Å². The van der Waals surface area contributed by atoms with Crippen molar-refractivity contribution in [3.05, 3.63) is 0 Å². The molecular weight excluding hydrogens is 208 g/mol. The van der Waals surface area contributed by atoms with Crippen LogP contribution in [0, 0.1) is 0 Å². The molecule has 1 aliphatic rings. The highest BCUT2D eigenvalue weighted by Crippen LogP contribution is 2.13. The highest BCUT2D eigenvalue weighted by molar-refractivity contribution is 7.99. The normalized spacial score (nSPS) is 18.8. The second kappa shape index (κ2) is 4.23. The molecule has 1 heterocycles. The summed E-state index contributed by atoms with van der Waals surface area (Å²) in [5, 5.41) is 0. The maximum absolute atomic E-state index is 11.4. The largest absolute Gasteiger partial charge is 0.332 e. The zero-order valence-electron chi connectivity index (χ0n) is 7.30. The Kier molecular flexibility index (Phi) is 3.49. The summed E-state index contributed by atoms with van der Waals surface area (Å²) in [6.45, 7) is 2.65. The number of carbonyl (C=O) groups is 2. The first-order valence-corrected chi connectivity index (χ1v) is 5.03. The number of rotatable bonds is 2. The molecule has 0 radical (unpaired) electrons. The van der Waals surface area contributed by atoms with Gasteiger partial charge in [0, 0.05) is 6.54 Å². The van der Waals surface area contributed by atoms with Crippen LogP contribution >= 0.6 is 25.3 Å². The Morgan fingerprint density at radius 3 is 2.38 bits per heavy atom. The van der Waals surface area contributed by atoms with Gasteiger partial charge in [-0.1, -0.05) is 0 Å². The summed E-state index contributed by atoms with van der Waals surface area (Å²) in [7, 11) is 0. The van der Waals surface area contributed by atoms with Gasteiger partial charge in [-0.3, -0.25) is 9.59 Å². The van der Waals surface area contributed by atoms with E-state index in [1.54, 1.807) is 0 Å². The first kappa shape index (κ1) is 10.7. The Bertz CT molecular complexity index is 233. The molecule has 0 aromatic carbocycles. The zero-order chi connectivity index (χ0) is 10.0. The Morgan fingerprint density at radius 1 is 1.31 bits per heavy atom. The summed E-state index contributed by atoms with van der Waals surface area (Å²) < 4.78 is -0.490. The van der Waals surface area contributed by atoms with Crippen LogP contribution in [-0.4, -0.2) is 46.0 Å². The molecule has 0 N–H and O–H groups in total. The molecule has 0 aliphatic carbocycles. The van der Waals surface area contributed by atoms with Gasteiger partial charge in [0.15, 0.2) is 0 Å². The molecule has 0 aromatic heterocycles. The van der Waals surface area contributed by atoms with E-state index in [9.17, 15) is 9.59 Å². The molecule has 4 nitrogen and oxygen atoms in total. The summed E-state index contributed by atoms with van der Waals surface area (Å²) in [6.07, 6.45) is 0. The number of thiol groups is 2. The van der Waals surface area contributed by atoms with E-state index in [4.69, 9.17) is 0 Å². The molecule has 6 heteroatoms. The Hall–Kier alpha value is -0.360. The summed E-state index contributed by atoms with van der Waals surface area (Å²) >= 11 is 8.00. The standard InChI is InChI=1S/C7H12N2O2S2/c1-2-8-3-6(11)9(7(12)13)4-5(8)10/h7,12-13H,2-4H2,1H3. The van der Waals surface area contributed by atoms with Gasteiger partial charge in [-0.05, 0) is 6.92 Å². The van der Waals surface area contributed by atoms with Crippen molar-refractivity contribution in [1.82, 2.24) is 9.80 Å². The molecule has 0 unspecified atom stereocenters. The lowest BCUT2D eigenvalue weighted by molar-refractivity contribution is -0.149. The number of hydrogen-bond acceptors (Lipinski definition) is 4. The smallest absolute Gasteiger partial charge is 0.244 e. The first-order valence-electron chi connectivity index (χ1n) is 3.99. The van der Waals surface area contributed by atoms with E-state index in [2.05, 4.69) is 25.3 Å². The van der Waals surface area contributed by atoms with Crippen molar-refractivity contribution in [3.8, 4) is 0 Å². The minimum atomic E-state index is -0.490. The number of carbonyl (C=O) groups excluding carboxylic acids is 2. The monoisotopic (exact) mass is 220 g/mol. The molecular formula is C7H12N2O2S2. The minimum Gasteiger partial charge on any atom is -0.332 e. The fourth-order valence-electron chi connectivity index (χ4n) is 1.17. The molecule has 2 amide bonds. The number of amides is 2. The third kappa shape index (κ3) is 2.31. The second-order valence-corrected chi connectivity index (χ2v) is 4.16. The van der Waals surface area contributed by atoms with Crippen molar-refractivity contribution in [3.63, 3.8) is 0 Å². The van der Waals surface area contributed by atoms with Crippen molar-refractivity contribution < 1.29 is 9.59 Å². The lowest BCUT2D eigenvalue weighted by atomic mass is 10.3. The van der Waals surface area contributed by atoms with Gasteiger partial charge < -0.3 is 9.80 Å². The molecule has 0 aromatic rings. The third-order valence-corrected chi connectivity index (χ3v) is 2.52. The number of hydrogen-bond donors (Lipinski definition) is 2. The van der Waals surface area contributed by atoms with Crippen LogP contribution in [-0.2, 0) is 9.59 Å². The topological polar surface area (TPSA) is 40.6 Å². The third-order valence-electron chi connectivity index (χ3n) is 1.97. The van der Waals surface area contributed by atoms with Crippen molar-refractivity contribution in [1.29, 1.82) is 0 Å². The van der Waals surface area contributed by atoms with Crippen LogP contribution in [0.25, 0.3) is 0 Å². The molecule has 1 rings (SSSR count). The van der Waals surface area contributed by atoms with Gasteiger partial charge >= 0.3 is 0 Å². The van der Waals surface area contributed by atoms with Crippen LogP contribution < -0.4 is 0 Å². The van der Waals surface area contributed by atoms with Gasteiger partial charge in [0.1, 0.15) is 11.3 Å². The number of nitrogens with zero attached hydrogens (tertiary/aromatic N) is 2. The quantitative estimate of drug-likeness (QED) is 0.501. The molecule has 74 valence electrons. The Labute approximate surface area is 88.1 Å². The van der Waals surface area contributed by atoms with Crippen LogP contribution in [0.15, 0.2) is 0 Å². The fraction of sp³-hybridized carbons (Fsp3) is 0.714. The van der Waals surface area contributed by atoms with Crippen LogP contribution in [0.5, 0.6) is 0 Å². The fourth-order valence-corrected chi connectivity index (χ4v) is 1.60. The molecule has 0 atom stereocenters. The van der Waals surface area contributed by atoms with E-state index in [0.29, 0.717) is 6.54 Å². The van der Waals surface area contributed by atoms with Gasteiger partial charge in [-0.25, -0.2) is 0 Å². The predicted molar refractivity (Wildman–Crippen MR) is 55.7 cm³/mol. The summed E-state index contributed by atoms with van der Waals surface area (Å²) in [4.78, 5) is 25.6. The highest BCUT2D eigenvalue weighted by atomic mass is 32.2. The first-order chi connectivity index (χ1) is 6.06. The van der Waals surface area contributed by atoms with E-state index in [1.807, 2.05) is 6.92 Å². The minimum absolute atomic E-state index is 0.0461. The maximum Gasteiger partial charge on any atom is 0.244 e. The van der Waals surface area contributed by atoms with Crippen LogP contribution in [0.2, 0.25) is 0 Å². The van der Waals surface area contributed by atoms with Crippen molar-refractivity contribution in [2.75, 3.05) is 19.6 Å². The molecule has 1 fully saturated rings. The van der Waals surface area contributed by atoms with Crippen molar-refractivity contribution in [2.24, 2.45) is 0 Å². The molecule has 13 heavy (non-hydrogen) atoms.